The van der Waals surface area contributed by atoms with Gasteiger partial charge in [0, 0.05) is 5.75 Å². The molecular weight excluding hydrogens is 216 g/mol. The van der Waals surface area contributed by atoms with Crippen molar-refractivity contribution < 1.29 is 9.59 Å². The first-order chi connectivity index (χ1) is 6.79. The topological polar surface area (TPSA) is 34.1 Å². The van der Waals surface area contributed by atoms with E-state index in [0.717, 1.165) is 12.2 Å². The van der Waals surface area contributed by atoms with E-state index >= 15 is 0 Å². The minimum absolute atomic E-state index is 0.352. The Morgan fingerprint density at radius 1 is 1.29 bits per heavy atom. The van der Waals surface area contributed by atoms with Gasteiger partial charge < -0.3 is 0 Å². The van der Waals surface area contributed by atoms with E-state index in [2.05, 4.69) is 0 Å². The maximum absolute atomic E-state index is 11.6. The Bertz CT molecular complexity index is 390. The van der Waals surface area contributed by atoms with Crippen LogP contribution in [0, 0.1) is 0 Å². The van der Waals surface area contributed by atoms with Crippen LogP contribution in [-0.4, -0.2) is 17.3 Å². The molecule has 0 spiro atoms. The minimum Gasteiger partial charge on any atom is -0.284 e. The summed E-state index contributed by atoms with van der Waals surface area (Å²) in [4.78, 5) is 24.4. The maximum Gasteiger partial charge on any atom is 0.243 e. The summed E-state index contributed by atoms with van der Waals surface area (Å²) in [6, 6.07) is 3.46. The molecule has 0 unspecified atom stereocenters. The molecule has 0 aromatic carbocycles. The van der Waals surface area contributed by atoms with Crippen LogP contribution in [-0.2, 0) is 4.79 Å². The highest BCUT2D eigenvalue weighted by molar-refractivity contribution is 8.04. The van der Waals surface area contributed by atoms with Crippen molar-refractivity contribution in [3.63, 3.8) is 0 Å². The van der Waals surface area contributed by atoms with Gasteiger partial charge >= 0.3 is 0 Å². The van der Waals surface area contributed by atoms with Gasteiger partial charge in [0.1, 0.15) is 0 Å². The van der Waals surface area contributed by atoms with E-state index in [-0.39, 0.29) is 11.6 Å². The number of thioether (sulfide) groups is 1. The molecule has 0 saturated carbocycles. The monoisotopic (exact) mass is 224 g/mol. The van der Waals surface area contributed by atoms with Gasteiger partial charge in [0.2, 0.25) is 11.6 Å². The molecule has 2 nitrogen and oxygen atoms in total. The summed E-state index contributed by atoms with van der Waals surface area (Å²) in [7, 11) is 0. The summed E-state index contributed by atoms with van der Waals surface area (Å²) in [5.74, 6) is 0.189. The van der Waals surface area contributed by atoms with Crippen molar-refractivity contribution in [2.24, 2.45) is 0 Å². The number of hydrogen-bond donors (Lipinski definition) is 0. The van der Waals surface area contributed by atoms with Crippen LogP contribution in [0.2, 0.25) is 0 Å². The Labute approximate surface area is 90.0 Å². The molecule has 1 aliphatic heterocycles. The van der Waals surface area contributed by atoms with E-state index in [9.17, 15) is 9.59 Å². The zero-order chi connectivity index (χ0) is 9.97. The van der Waals surface area contributed by atoms with Gasteiger partial charge in [-0.25, -0.2) is 0 Å². The zero-order valence-electron chi connectivity index (χ0n) is 7.36. The molecule has 0 aliphatic carbocycles. The summed E-state index contributed by atoms with van der Waals surface area (Å²) in [6.07, 6.45) is 2.74. The Hall–Kier alpha value is -0.870. The lowest BCUT2D eigenvalue weighted by Crippen LogP contribution is -2.12. The molecule has 0 atom stereocenters. The van der Waals surface area contributed by atoms with Crippen molar-refractivity contribution in [2.75, 3.05) is 5.75 Å². The van der Waals surface area contributed by atoms with Crippen molar-refractivity contribution in [1.29, 1.82) is 0 Å². The van der Waals surface area contributed by atoms with Gasteiger partial charge in [0.15, 0.2) is 0 Å². The standard InChI is InChI=1S/C10H8O2S2/c11-9(7-3-1-5-13-7)10(12)8-4-2-6-14-8/h1,3-5H,2,6H2. The highest BCUT2D eigenvalue weighted by Gasteiger charge is 2.23. The average Bonchev–Trinajstić information content (AvgIpc) is 2.87. The highest BCUT2D eigenvalue weighted by Crippen LogP contribution is 2.26. The van der Waals surface area contributed by atoms with Gasteiger partial charge in [-0.3, -0.25) is 9.59 Å². The summed E-state index contributed by atoms with van der Waals surface area (Å²) in [5.41, 5.74) is 0. The first-order valence-corrected chi connectivity index (χ1v) is 6.11. The van der Waals surface area contributed by atoms with E-state index in [1.165, 1.54) is 23.1 Å². The van der Waals surface area contributed by atoms with Crippen LogP contribution >= 0.6 is 23.1 Å². The van der Waals surface area contributed by atoms with Crippen LogP contribution in [0.15, 0.2) is 28.5 Å². The van der Waals surface area contributed by atoms with E-state index in [1.807, 2.05) is 6.08 Å². The van der Waals surface area contributed by atoms with Crippen molar-refractivity contribution in [3.05, 3.63) is 33.4 Å². The van der Waals surface area contributed by atoms with E-state index in [0.29, 0.717) is 9.78 Å². The van der Waals surface area contributed by atoms with Gasteiger partial charge in [0.05, 0.1) is 9.78 Å². The first-order valence-electron chi connectivity index (χ1n) is 4.24. The fraction of sp³-hybridized carbons (Fsp3) is 0.200. The third-order valence-corrected chi connectivity index (χ3v) is 3.85. The van der Waals surface area contributed by atoms with Gasteiger partial charge in [-0.1, -0.05) is 12.1 Å². The highest BCUT2D eigenvalue weighted by atomic mass is 32.2. The second-order valence-electron chi connectivity index (χ2n) is 2.84. The van der Waals surface area contributed by atoms with Crippen molar-refractivity contribution in [2.45, 2.75) is 6.42 Å². The molecule has 0 saturated heterocycles. The van der Waals surface area contributed by atoms with E-state index in [1.54, 1.807) is 17.5 Å². The fourth-order valence-corrected chi connectivity index (χ4v) is 2.78. The summed E-state index contributed by atoms with van der Waals surface area (Å²) in [5, 5.41) is 1.80. The van der Waals surface area contributed by atoms with Crippen molar-refractivity contribution >= 4 is 34.7 Å². The molecule has 72 valence electrons. The summed E-state index contributed by atoms with van der Waals surface area (Å²) >= 11 is 2.78. The summed E-state index contributed by atoms with van der Waals surface area (Å²) in [6.45, 7) is 0. The number of rotatable bonds is 3. The zero-order valence-corrected chi connectivity index (χ0v) is 8.99. The third-order valence-electron chi connectivity index (χ3n) is 1.88. The van der Waals surface area contributed by atoms with Gasteiger partial charge in [0.25, 0.3) is 0 Å². The predicted octanol–water partition coefficient (Wildman–Crippen LogP) is 2.52. The largest absolute Gasteiger partial charge is 0.284 e. The molecule has 1 aromatic heterocycles. The minimum atomic E-state index is -0.374. The van der Waals surface area contributed by atoms with E-state index in [4.69, 9.17) is 0 Å². The Morgan fingerprint density at radius 3 is 2.71 bits per heavy atom. The predicted molar refractivity (Wildman–Crippen MR) is 58.8 cm³/mol. The number of thiophene rings is 1. The van der Waals surface area contributed by atoms with Crippen LogP contribution in [0.3, 0.4) is 0 Å². The second-order valence-corrected chi connectivity index (χ2v) is 4.93. The van der Waals surface area contributed by atoms with Gasteiger partial charge in [-0.2, -0.15) is 0 Å². The number of ketones is 2. The maximum atomic E-state index is 11.6. The van der Waals surface area contributed by atoms with Crippen LogP contribution in [0.1, 0.15) is 16.1 Å². The first kappa shape index (κ1) is 9.68. The number of carbonyl (C=O) groups is 2. The Balaban J connectivity index is 2.16. The number of Topliss-reactive ketones (excluding diaryl/α,β-unsaturated/α-hetero) is 2. The molecule has 0 amide bonds. The molecule has 0 radical (unpaired) electrons. The molecule has 1 aliphatic rings. The van der Waals surface area contributed by atoms with Crippen molar-refractivity contribution in [3.8, 4) is 0 Å². The molecule has 0 bridgehead atoms. The molecular formula is C10H8O2S2. The number of carbonyl (C=O) groups excluding carboxylic acids is 2. The van der Waals surface area contributed by atoms with E-state index < -0.39 is 0 Å². The van der Waals surface area contributed by atoms with Crippen LogP contribution in [0.5, 0.6) is 0 Å². The molecule has 2 rings (SSSR count). The third kappa shape index (κ3) is 1.81. The molecule has 4 heteroatoms. The SMILES string of the molecule is O=C(C(=O)c1cccs1)C1=CCCS1. The lowest BCUT2D eigenvalue weighted by Gasteiger charge is -1.96. The second kappa shape index (κ2) is 4.11. The molecule has 1 aromatic rings. The van der Waals surface area contributed by atoms with Crippen LogP contribution < -0.4 is 0 Å². The summed E-state index contributed by atoms with van der Waals surface area (Å²) < 4.78 is 0. The number of allylic oxidation sites excluding steroid dienone is 2. The van der Waals surface area contributed by atoms with Gasteiger partial charge in [-0.05, 0) is 17.9 Å². The van der Waals surface area contributed by atoms with Gasteiger partial charge in [-0.15, -0.1) is 23.1 Å². The molecule has 0 N–H and O–H groups in total. The normalized spacial score (nSPS) is 15.3. The number of hydrogen-bond acceptors (Lipinski definition) is 4. The molecule has 2 heterocycles. The Morgan fingerprint density at radius 2 is 2.14 bits per heavy atom. The Kier molecular flexibility index (Phi) is 2.84. The molecule has 0 fully saturated rings. The van der Waals surface area contributed by atoms with Crippen LogP contribution in [0.4, 0.5) is 0 Å². The molecule has 14 heavy (non-hydrogen) atoms. The van der Waals surface area contributed by atoms with Crippen molar-refractivity contribution in [1.82, 2.24) is 0 Å². The fourth-order valence-electron chi connectivity index (χ4n) is 1.21. The quantitative estimate of drug-likeness (QED) is 0.584. The lowest BCUT2D eigenvalue weighted by molar-refractivity contribution is -0.111. The lowest BCUT2D eigenvalue weighted by atomic mass is 10.2. The smallest absolute Gasteiger partial charge is 0.243 e. The van der Waals surface area contributed by atoms with Crippen LogP contribution in [0.25, 0.3) is 0 Å². The average molecular weight is 224 g/mol.